The molecule has 0 aliphatic heterocycles. The predicted octanol–water partition coefficient (Wildman–Crippen LogP) is 4.43. The van der Waals surface area contributed by atoms with Gasteiger partial charge in [0.1, 0.15) is 18.0 Å². The minimum absolute atomic E-state index is 0.240. The fourth-order valence-corrected chi connectivity index (χ4v) is 3.92. The second-order valence-electron chi connectivity index (χ2n) is 7.38. The minimum Gasteiger partial charge on any atom is -0.457 e. The fraction of sp³-hybridized carbons (Fsp3) is 0.208. The van der Waals surface area contributed by atoms with Crippen molar-refractivity contribution in [2.45, 2.75) is 19.9 Å². The Labute approximate surface area is 183 Å². The molecule has 162 valence electrons. The van der Waals surface area contributed by atoms with E-state index in [0.29, 0.717) is 17.2 Å². The second-order valence-corrected chi connectivity index (χ2v) is 9.29. The monoisotopic (exact) mass is 438 g/mol. The van der Waals surface area contributed by atoms with Crippen molar-refractivity contribution in [2.24, 2.45) is 0 Å². The third-order valence-electron chi connectivity index (χ3n) is 4.75. The van der Waals surface area contributed by atoms with Crippen LogP contribution in [0, 0.1) is 6.92 Å². The van der Waals surface area contributed by atoms with Gasteiger partial charge in [-0.1, -0.05) is 48.0 Å². The molecule has 0 aromatic heterocycles. The molecular formula is C24H26N2O4S. The van der Waals surface area contributed by atoms with E-state index in [9.17, 15) is 13.2 Å². The van der Waals surface area contributed by atoms with Crippen molar-refractivity contribution in [1.82, 2.24) is 5.32 Å². The number of sulfonamides is 1. The number of amides is 1. The Morgan fingerprint density at radius 3 is 2.10 bits per heavy atom. The zero-order valence-electron chi connectivity index (χ0n) is 17.8. The molecule has 0 fully saturated rings. The lowest BCUT2D eigenvalue weighted by atomic mass is 10.1. The van der Waals surface area contributed by atoms with Gasteiger partial charge in [-0.05, 0) is 55.8 Å². The van der Waals surface area contributed by atoms with Crippen LogP contribution in [0.3, 0.4) is 0 Å². The van der Waals surface area contributed by atoms with Crippen molar-refractivity contribution in [3.63, 3.8) is 0 Å². The summed E-state index contributed by atoms with van der Waals surface area (Å²) in [6, 6.07) is 23.5. The number of nitrogens with zero attached hydrogens (tertiary/aromatic N) is 1. The van der Waals surface area contributed by atoms with Crippen molar-refractivity contribution >= 4 is 21.6 Å². The van der Waals surface area contributed by atoms with Gasteiger partial charge in [0.2, 0.25) is 15.9 Å². The molecule has 0 unspecified atom stereocenters. The molecule has 31 heavy (non-hydrogen) atoms. The molecule has 3 aromatic carbocycles. The zero-order chi connectivity index (χ0) is 22.4. The van der Waals surface area contributed by atoms with Gasteiger partial charge in [-0.2, -0.15) is 0 Å². The number of benzene rings is 3. The van der Waals surface area contributed by atoms with Gasteiger partial charge >= 0.3 is 0 Å². The first-order chi connectivity index (χ1) is 14.7. The first-order valence-electron chi connectivity index (χ1n) is 9.89. The van der Waals surface area contributed by atoms with Crippen LogP contribution in [-0.4, -0.2) is 27.1 Å². The van der Waals surface area contributed by atoms with Crippen LogP contribution in [0.2, 0.25) is 0 Å². The molecule has 0 aliphatic rings. The van der Waals surface area contributed by atoms with Crippen molar-refractivity contribution < 1.29 is 17.9 Å². The summed E-state index contributed by atoms with van der Waals surface area (Å²) in [5.74, 6) is 0.864. The van der Waals surface area contributed by atoms with E-state index < -0.39 is 10.0 Å². The fourth-order valence-electron chi connectivity index (χ4n) is 3.06. The van der Waals surface area contributed by atoms with Gasteiger partial charge in [0, 0.05) is 0 Å². The molecule has 1 N–H and O–H groups in total. The van der Waals surface area contributed by atoms with Crippen molar-refractivity contribution in [3.05, 3.63) is 90.0 Å². The van der Waals surface area contributed by atoms with Crippen LogP contribution in [0.5, 0.6) is 11.5 Å². The van der Waals surface area contributed by atoms with Crippen LogP contribution in [0.4, 0.5) is 5.69 Å². The molecule has 0 spiro atoms. The van der Waals surface area contributed by atoms with Crippen molar-refractivity contribution in [2.75, 3.05) is 17.1 Å². The number of hydrogen-bond acceptors (Lipinski definition) is 4. The Balaban J connectivity index is 1.70. The van der Waals surface area contributed by atoms with Gasteiger partial charge in [0.25, 0.3) is 0 Å². The molecule has 3 rings (SSSR count). The van der Waals surface area contributed by atoms with Crippen molar-refractivity contribution in [3.8, 4) is 11.5 Å². The minimum atomic E-state index is -3.66. The third kappa shape index (κ3) is 6.33. The third-order valence-corrected chi connectivity index (χ3v) is 5.89. The largest absolute Gasteiger partial charge is 0.457 e. The Hall–Kier alpha value is -3.32. The first-order valence-corrected chi connectivity index (χ1v) is 11.7. The zero-order valence-corrected chi connectivity index (χ0v) is 18.6. The second kappa shape index (κ2) is 9.66. The van der Waals surface area contributed by atoms with Gasteiger partial charge in [0.15, 0.2) is 0 Å². The van der Waals surface area contributed by atoms with Crippen LogP contribution in [0.15, 0.2) is 78.9 Å². The molecule has 1 amide bonds. The average Bonchev–Trinajstić information content (AvgIpc) is 2.73. The van der Waals surface area contributed by atoms with Gasteiger partial charge in [-0.3, -0.25) is 9.10 Å². The number of para-hydroxylation sites is 1. The van der Waals surface area contributed by atoms with E-state index in [-0.39, 0.29) is 18.5 Å². The van der Waals surface area contributed by atoms with Crippen LogP contribution >= 0.6 is 0 Å². The number of aryl methyl sites for hydroxylation is 1. The molecule has 0 saturated heterocycles. The highest BCUT2D eigenvalue weighted by Crippen LogP contribution is 2.25. The normalized spacial score (nSPS) is 12.1. The van der Waals surface area contributed by atoms with E-state index in [4.69, 9.17) is 4.74 Å². The Morgan fingerprint density at radius 2 is 1.52 bits per heavy atom. The van der Waals surface area contributed by atoms with E-state index in [1.54, 1.807) is 24.3 Å². The molecular weight excluding hydrogens is 412 g/mol. The van der Waals surface area contributed by atoms with E-state index in [1.807, 2.05) is 68.4 Å². The maximum absolute atomic E-state index is 12.6. The van der Waals surface area contributed by atoms with E-state index in [0.717, 1.165) is 21.7 Å². The van der Waals surface area contributed by atoms with Gasteiger partial charge in [0.05, 0.1) is 18.0 Å². The predicted molar refractivity (Wildman–Crippen MR) is 123 cm³/mol. The number of rotatable bonds is 8. The van der Waals surface area contributed by atoms with E-state index >= 15 is 0 Å². The molecule has 3 aromatic rings. The summed E-state index contributed by atoms with van der Waals surface area (Å²) >= 11 is 0. The summed E-state index contributed by atoms with van der Waals surface area (Å²) in [6.45, 7) is 3.55. The average molecular weight is 439 g/mol. The first kappa shape index (κ1) is 22.4. The summed E-state index contributed by atoms with van der Waals surface area (Å²) in [5.41, 5.74) is 2.47. The Bertz CT molecular complexity index is 1110. The van der Waals surface area contributed by atoms with Gasteiger partial charge < -0.3 is 10.1 Å². The maximum atomic E-state index is 12.6. The van der Waals surface area contributed by atoms with Crippen LogP contribution < -0.4 is 14.4 Å². The summed E-state index contributed by atoms with van der Waals surface area (Å²) in [5, 5.41) is 2.86. The van der Waals surface area contributed by atoms with Crippen LogP contribution in [0.25, 0.3) is 0 Å². The highest BCUT2D eigenvalue weighted by Gasteiger charge is 2.22. The number of carbonyl (C=O) groups is 1. The standard InChI is InChI=1S/C24H26N2O4S/c1-18-9-11-20(12-10-18)19(2)25-24(27)17-26(31(3,28)29)21-13-15-23(16-14-21)30-22-7-5-4-6-8-22/h4-16,19H,17H2,1-3H3,(H,25,27)/t19-/m1/s1. The maximum Gasteiger partial charge on any atom is 0.241 e. The van der Waals surface area contributed by atoms with E-state index in [1.165, 1.54) is 0 Å². The molecule has 0 aliphatic carbocycles. The van der Waals surface area contributed by atoms with Crippen molar-refractivity contribution in [1.29, 1.82) is 0 Å². The molecule has 0 radical (unpaired) electrons. The number of hydrogen-bond donors (Lipinski definition) is 1. The number of nitrogens with one attached hydrogen (secondary N) is 1. The summed E-state index contributed by atoms with van der Waals surface area (Å²) in [4.78, 5) is 12.6. The van der Waals surface area contributed by atoms with Gasteiger partial charge in [-0.25, -0.2) is 8.42 Å². The number of carbonyl (C=O) groups excluding carboxylic acids is 1. The molecule has 0 bridgehead atoms. The lowest BCUT2D eigenvalue weighted by molar-refractivity contribution is -0.120. The Kier molecular flexibility index (Phi) is 6.97. The Morgan fingerprint density at radius 1 is 0.935 bits per heavy atom. The smallest absolute Gasteiger partial charge is 0.241 e. The summed E-state index contributed by atoms with van der Waals surface area (Å²) < 4.78 is 31.5. The number of anilines is 1. The van der Waals surface area contributed by atoms with Crippen LogP contribution in [0.1, 0.15) is 24.1 Å². The molecule has 6 nitrogen and oxygen atoms in total. The summed E-state index contributed by atoms with van der Waals surface area (Å²) in [6.07, 6.45) is 1.08. The van der Waals surface area contributed by atoms with E-state index in [2.05, 4.69) is 5.32 Å². The molecule has 0 heterocycles. The quantitative estimate of drug-likeness (QED) is 0.565. The summed E-state index contributed by atoms with van der Waals surface area (Å²) in [7, 11) is -3.66. The molecule has 0 saturated carbocycles. The highest BCUT2D eigenvalue weighted by atomic mass is 32.2. The van der Waals surface area contributed by atoms with Crippen LogP contribution in [-0.2, 0) is 14.8 Å². The molecule has 7 heteroatoms. The van der Waals surface area contributed by atoms with Gasteiger partial charge in [-0.15, -0.1) is 0 Å². The molecule has 1 atom stereocenters. The lowest BCUT2D eigenvalue weighted by Crippen LogP contribution is -2.41. The number of ether oxygens (including phenoxy) is 1. The highest BCUT2D eigenvalue weighted by molar-refractivity contribution is 7.92. The lowest BCUT2D eigenvalue weighted by Gasteiger charge is -2.23. The SMILES string of the molecule is Cc1ccc([C@@H](C)NC(=O)CN(c2ccc(Oc3ccccc3)cc2)S(C)(=O)=O)cc1. The topological polar surface area (TPSA) is 75.7 Å².